The molecule has 0 saturated heterocycles. The molecular formula is C22H24N4O3. The Morgan fingerprint density at radius 3 is 2.83 bits per heavy atom. The zero-order valence-electron chi connectivity index (χ0n) is 16.5. The van der Waals surface area contributed by atoms with E-state index in [0.29, 0.717) is 23.5 Å². The van der Waals surface area contributed by atoms with Crippen LogP contribution in [0.3, 0.4) is 0 Å². The molecule has 0 aliphatic carbocycles. The SMILES string of the molecule is CCCNC(=O)[C@@H]1CN([C@@H](C)C(=O)Nc2cccc(C#N)c2)c2ccccc2O1. The number of ether oxygens (including phenoxy) is 1. The van der Waals surface area contributed by atoms with E-state index < -0.39 is 12.1 Å². The number of anilines is 2. The lowest BCUT2D eigenvalue weighted by Crippen LogP contribution is -2.54. The summed E-state index contributed by atoms with van der Waals surface area (Å²) < 4.78 is 5.88. The smallest absolute Gasteiger partial charge is 0.262 e. The number of hydrogen-bond acceptors (Lipinski definition) is 5. The van der Waals surface area contributed by atoms with Gasteiger partial charge < -0.3 is 20.3 Å². The summed E-state index contributed by atoms with van der Waals surface area (Å²) in [5, 5.41) is 14.7. The Bertz CT molecular complexity index is 938. The van der Waals surface area contributed by atoms with Gasteiger partial charge in [0.1, 0.15) is 11.8 Å². The minimum absolute atomic E-state index is 0.194. The van der Waals surface area contributed by atoms with Crippen LogP contribution in [0.5, 0.6) is 5.75 Å². The number of rotatable bonds is 6. The summed E-state index contributed by atoms with van der Waals surface area (Å²) in [6.07, 6.45) is 0.132. The largest absolute Gasteiger partial charge is 0.477 e. The molecule has 7 nitrogen and oxygen atoms in total. The van der Waals surface area contributed by atoms with Gasteiger partial charge in [-0.1, -0.05) is 25.1 Å². The first-order valence-corrected chi connectivity index (χ1v) is 9.64. The lowest BCUT2D eigenvalue weighted by Gasteiger charge is -2.38. The number of fused-ring (bicyclic) bond motifs is 1. The first-order chi connectivity index (χ1) is 14.0. The van der Waals surface area contributed by atoms with Crippen molar-refractivity contribution in [3.63, 3.8) is 0 Å². The predicted octanol–water partition coefficient (Wildman–Crippen LogP) is 2.68. The zero-order valence-corrected chi connectivity index (χ0v) is 16.5. The lowest BCUT2D eigenvalue weighted by molar-refractivity contribution is -0.128. The van der Waals surface area contributed by atoms with Gasteiger partial charge in [0.15, 0.2) is 6.10 Å². The number of benzene rings is 2. The first-order valence-electron chi connectivity index (χ1n) is 9.64. The van der Waals surface area contributed by atoms with Crippen molar-refractivity contribution in [2.45, 2.75) is 32.4 Å². The molecule has 2 aromatic carbocycles. The van der Waals surface area contributed by atoms with Crippen LogP contribution in [0.15, 0.2) is 48.5 Å². The average Bonchev–Trinajstić information content (AvgIpc) is 2.76. The van der Waals surface area contributed by atoms with Crippen LogP contribution < -0.4 is 20.3 Å². The van der Waals surface area contributed by atoms with Gasteiger partial charge in [-0.2, -0.15) is 5.26 Å². The molecule has 1 aliphatic rings. The number of carbonyl (C=O) groups excluding carboxylic acids is 2. The van der Waals surface area contributed by atoms with Gasteiger partial charge in [0.25, 0.3) is 5.91 Å². The zero-order chi connectivity index (χ0) is 20.8. The Balaban J connectivity index is 1.80. The Morgan fingerprint density at radius 2 is 2.07 bits per heavy atom. The van der Waals surface area contributed by atoms with E-state index in [0.717, 1.165) is 12.1 Å². The van der Waals surface area contributed by atoms with Crippen molar-refractivity contribution >= 4 is 23.2 Å². The second-order valence-corrected chi connectivity index (χ2v) is 6.88. The Hall–Kier alpha value is -3.53. The van der Waals surface area contributed by atoms with Crippen LogP contribution in [0.25, 0.3) is 0 Å². The molecule has 3 rings (SSSR count). The highest BCUT2D eigenvalue weighted by Crippen LogP contribution is 2.34. The Labute approximate surface area is 170 Å². The molecule has 0 aromatic heterocycles. The van der Waals surface area contributed by atoms with Crippen LogP contribution in [-0.2, 0) is 9.59 Å². The Kier molecular flexibility index (Phi) is 6.35. The molecule has 0 bridgehead atoms. The van der Waals surface area contributed by atoms with Crippen molar-refractivity contribution in [2.24, 2.45) is 0 Å². The first kappa shape index (κ1) is 20.2. The second-order valence-electron chi connectivity index (χ2n) is 6.88. The predicted molar refractivity (Wildman–Crippen MR) is 111 cm³/mol. The Morgan fingerprint density at radius 1 is 1.28 bits per heavy atom. The molecular weight excluding hydrogens is 368 g/mol. The summed E-state index contributed by atoms with van der Waals surface area (Å²) in [6, 6.07) is 15.6. The van der Waals surface area contributed by atoms with E-state index in [1.165, 1.54) is 0 Å². The molecule has 0 unspecified atom stereocenters. The topological polar surface area (TPSA) is 94.5 Å². The van der Waals surface area contributed by atoms with Gasteiger partial charge in [-0.25, -0.2) is 0 Å². The third-order valence-electron chi connectivity index (χ3n) is 4.75. The molecule has 1 heterocycles. The molecule has 0 fully saturated rings. The monoisotopic (exact) mass is 392 g/mol. The fourth-order valence-electron chi connectivity index (χ4n) is 3.18. The standard InChI is InChI=1S/C22H24N4O3/c1-3-11-24-22(28)20-14-26(18-9-4-5-10-19(18)29-20)15(2)21(27)25-17-8-6-7-16(12-17)13-23/h4-10,12,15,20H,3,11,14H2,1-2H3,(H,24,28)(H,25,27)/t15-,20-/m0/s1. The van der Waals surface area contributed by atoms with Crippen molar-refractivity contribution in [1.82, 2.24) is 5.32 Å². The van der Waals surface area contributed by atoms with Crippen LogP contribution in [0.2, 0.25) is 0 Å². The maximum Gasteiger partial charge on any atom is 0.262 e. The van der Waals surface area contributed by atoms with E-state index in [-0.39, 0.29) is 18.4 Å². The van der Waals surface area contributed by atoms with Crippen LogP contribution in [-0.4, -0.2) is 37.0 Å². The number of nitrogens with one attached hydrogen (secondary N) is 2. The average molecular weight is 392 g/mol. The van der Waals surface area contributed by atoms with Crippen LogP contribution in [0.4, 0.5) is 11.4 Å². The van der Waals surface area contributed by atoms with Gasteiger partial charge >= 0.3 is 0 Å². The molecule has 2 N–H and O–H groups in total. The fraction of sp³-hybridized carbons (Fsp3) is 0.318. The molecule has 0 saturated carbocycles. The summed E-state index contributed by atoms with van der Waals surface area (Å²) in [5.74, 6) is 0.145. The number of nitrogens with zero attached hydrogens (tertiary/aromatic N) is 2. The quantitative estimate of drug-likeness (QED) is 0.788. The van der Waals surface area contributed by atoms with E-state index in [2.05, 4.69) is 16.7 Å². The number of carbonyl (C=O) groups is 2. The highest BCUT2D eigenvalue weighted by Gasteiger charge is 2.34. The molecule has 150 valence electrons. The molecule has 0 radical (unpaired) electrons. The maximum atomic E-state index is 12.9. The summed E-state index contributed by atoms with van der Waals surface area (Å²) in [7, 11) is 0. The minimum atomic E-state index is -0.700. The normalized spacial score (nSPS) is 16.0. The third kappa shape index (κ3) is 4.66. The summed E-state index contributed by atoms with van der Waals surface area (Å²) in [5.41, 5.74) is 1.79. The highest BCUT2D eigenvalue weighted by molar-refractivity contribution is 5.97. The fourth-order valence-corrected chi connectivity index (χ4v) is 3.18. The van der Waals surface area contributed by atoms with E-state index in [1.54, 1.807) is 37.3 Å². The van der Waals surface area contributed by atoms with Gasteiger partial charge in [0.05, 0.1) is 23.9 Å². The van der Waals surface area contributed by atoms with Crippen molar-refractivity contribution in [3.8, 4) is 11.8 Å². The molecule has 0 spiro atoms. The van der Waals surface area contributed by atoms with Crippen LogP contribution in [0.1, 0.15) is 25.8 Å². The second kappa shape index (κ2) is 9.11. The van der Waals surface area contributed by atoms with Gasteiger partial charge in [-0.3, -0.25) is 9.59 Å². The van der Waals surface area contributed by atoms with Gasteiger partial charge in [0, 0.05) is 12.2 Å². The molecule has 7 heteroatoms. The van der Waals surface area contributed by atoms with Gasteiger partial charge in [0.2, 0.25) is 5.91 Å². The third-order valence-corrected chi connectivity index (χ3v) is 4.75. The highest BCUT2D eigenvalue weighted by atomic mass is 16.5. The van der Waals surface area contributed by atoms with Crippen LogP contribution in [0, 0.1) is 11.3 Å². The lowest BCUT2D eigenvalue weighted by atomic mass is 10.1. The minimum Gasteiger partial charge on any atom is -0.477 e. The summed E-state index contributed by atoms with van der Waals surface area (Å²) in [4.78, 5) is 27.2. The van der Waals surface area contributed by atoms with Crippen molar-refractivity contribution < 1.29 is 14.3 Å². The van der Waals surface area contributed by atoms with E-state index >= 15 is 0 Å². The molecule has 2 amide bonds. The molecule has 1 aliphatic heterocycles. The number of hydrogen-bond donors (Lipinski definition) is 2. The number of nitriles is 1. The van der Waals surface area contributed by atoms with E-state index in [1.807, 2.05) is 30.0 Å². The molecule has 2 aromatic rings. The van der Waals surface area contributed by atoms with Crippen molar-refractivity contribution in [1.29, 1.82) is 5.26 Å². The van der Waals surface area contributed by atoms with E-state index in [4.69, 9.17) is 10.00 Å². The molecule has 29 heavy (non-hydrogen) atoms. The van der Waals surface area contributed by atoms with Gasteiger partial charge in [-0.05, 0) is 43.7 Å². The number of amides is 2. The van der Waals surface area contributed by atoms with Crippen molar-refractivity contribution in [3.05, 3.63) is 54.1 Å². The van der Waals surface area contributed by atoms with Crippen LogP contribution >= 0.6 is 0 Å². The summed E-state index contributed by atoms with van der Waals surface area (Å²) in [6.45, 7) is 4.61. The van der Waals surface area contributed by atoms with Crippen molar-refractivity contribution in [2.75, 3.05) is 23.3 Å². The number of para-hydroxylation sites is 2. The van der Waals surface area contributed by atoms with Gasteiger partial charge in [-0.15, -0.1) is 0 Å². The van der Waals surface area contributed by atoms with E-state index in [9.17, 15) is 9.59 Å². The summed E-state index contributed by atoms with van der Waals surface area (Å²) >= 11 is 0. The maximum absolute atomic E-state index is 12.9. The molecule has 2 atom stereocenters.